The van der Waals surface area contributed by atoms with Crippen LogP contribution in [-0.4, -0.2) is 87.8 Å². The predicted molar refractivity (Wildman–Crippen MR) is 85.5 cm³/mol. The van der Waals surface area contributed by atoms with Gasteiger partial charge >= 0.3 is 0 Å². The van der Waals surface area contributed by atoms with Gasteiger partial charge in [0.25, 0.3) is 0 Å². The van der Waals surface area contributed by atoms with Gasteiger partial charge in [-0.3, -0.25) is 14.6 Å². The first-order valence-corrected chi connectivity index (χ1v) is 8.08. The molecule has 0 aromatic heterocycles. The van der Waals surface area contributed by atoms with Crippen LogP contribution in [0.4, 0.5) is 0 Å². The normalized spacial score (nSPS) is 16.6. The van der Waals surface area contributed by atoms with Gasteiger partial charge in [0.1, 0.15) is 0 Å². The number of nitrogens with one attached hydrogen (secondary N) is 2. The van der Waals surface area contributed by atoms with Gasteiger partial charge in [-0.1, -0.05) is 0 Å². The summed E-state index contributed by atoms with van der Waals surface area (Å²) in [6, 6.07) is 0. The largest absolute Gasteiger partial charge is 0.379 e. The van der Waals surface area contributed by atoms with Crippen molar-refractivity contribution in [3.05, 3.63) is 0 Å². The smallest absolute Gasteiger partial charge is 0.234 e. The molecule has 0 unspecified atom stereocenters. The fraction of sp³-hybridized carbons (Fsp3) is 0.933. The van der Waals surface area contributed by atoms with Crippen LogP contribution < -0.4 is 10.6 Å². The van der Waals surface area contributed by atoms with Gasteiger partial charge in [0, 0.05) is 52.4 Å². The van der Waals surface area contributed by atoms with Crippen LogP contribution in [-0.2, 0) is 9.53 Å². The van der Waals surface area contributed by atoms with Gasteiger partial charge in [0.15, 0.2) is 0 Å². The first kappa shape index (κ1) is 18.4. The zero-order valence-corrected chi connectivity index (χ0v) is 13.9. The highest BCUT2D eigenvalue weighted by Gasteiger charge is 2.11. The monoisotopic (exact) mass is 300 g/mol. The van der Waals surface area contributed by atoms with Crippen molar-refractivity contribution in [2.45, 2.75) is 26.4 Å². The predicted octanol–water partition coefficient (Wildman–Crippen LogP) is -0.245. The van der Waals surface area contributed by atoms with E-state index in [1.54, 1.807) is 0 Å². The highest BCUT2D eigenvalue weighted by atomic mass is 16.5. The summed E-state index contributed by atoms with van der Waals surface area (Å²) in [5.74, 6) is 0.0994. The van der Waals surface area contributed by atoms with Gasteiger partial charge in [-0.15, -0.1) is 0 Å². The summed E-state index contributed by atoms with van der Waals surface area (Å²) in [7, 11) is 2.00. The highest BCUT2D eigenvalue weighted by Crippen LogP contribution is 1.93. The molecule has 0 aliphatic carbocycles. The van der Waals surface area contributed by atoms with Gasteiger partial charge in [-0.2, -0.15) is 0 Å². The molecule has 1 amide bonds. The molecule has 1 aliphatic heterocycles. The van der Waals surface area contributed by atoms with E-state index in [0.29, 0.717) is 19.7 Å². The molecule has 1 aliphatic rings. The van der Waals surface area contributed by atoms with Crippen LogP contribution >= 0.6 is 0 Å². The van der Waals surface area contributed by atoms with Crippen LogP contribution in [0.25, 0.3) is 0 Å². The standard InChI is InChI=1S/C15H32N4O2/c1-14(2)21-12-4-5-17-15(20)13-18(3)10-11-19-8-6-16-7-9-19/h14,16H,4-13H2,1-3H3,(H,17,20). The molecule has 124 valence electrons. The number of hydrogen-bond acceptors (Lipinski definition) is 5. The Bertz CT molecular complexity index is 281. The van der Waals surface area contributed by atoms with E-state index in [1.165, 1.54) is 0 Å². The molecule has 0 aromatic carbocycles. The first-order chi connectivity index (χ1) is 10.1. The molecule has 1 saturated heterocycles. The van der Waals surface area contributed by atoms with Crippen LogP contribution in [0.15, 0.2) is 0 Å². The SMILES string of the molecule is CC(C)OCCCNC(=O)CN(C)CCN1CCNCC1. The van der Waals surface area contributed by atoms with E-state index in [-0.39, 0.29) is 12.0 Å². The third kappa shape index (κ3) is 9.79. The van der Waals surface area contributed by atoms with Crippen molar-refractivity contribution in [1.29, 1.82) is 0 Å². The minimum Gasteiger partial charge on any atom is -0.379 e. The summed E-state index contributed by atoms with van der Waals surface area (Å²) in [6.07, 6.45) is 1.13. The topological polar surface area (TPSA) is 56.8 Å². The lowest BCUT2D eigenvalue weighted by Gasteiger charge is -2.28. The Morgan fingerprint density at radius 3 is 2.76 bits per heavy atom. The fourth-order valence-corrected chi connectivity index (χ4v) is 2.25. The maximum absolute atomic E-state index is 11.8. The van der Waals surface area contributed by atoms with Crippen molar-refractivity contribution < 1.29 is 9.53 Å². The molecule has 21 heavy (non-hydrogen) atoms. The van der Waals surface area contributed by atoms with Gasteiger partial charge < -0.3 is 15.4 Å². The second-order valence-corrected chi connectivity index (χ2v) is 5.95. The molecule has 2 N–H and O–H groups in total. The van der Waals surface area contributed by atoms with E-state index in [2.05, 4.69) is 20.4 Å². The molecule has 1 fully saturated rings. The molecule has 0 aromatic rings. The van der Waals surface area contributed by atoms with Crippen molar-refractivity contribution >= 4 is 5.91 Å². The maximum Gasteiger partial charge on any atom is 0.234 e. The van der Waals surface area contributed by atoms with Gasteiger partial charge in [0.2, 0.25) is 5.91 Å². The van der Waals surface area contributed by atoms with Crippen LogP contribution in [0.2, 0.25) is 0 Å². The van der Waals surface area contributed by atoms with Crippen LogP contribution in [0.5, 0.6) is 0 Å². The highest BCUT2D eigenvalue weighted by molar-refractivity contribution is 5.77. The van der Waals surface area contributed by atoms with E-state index in [0.717, 1.165) is 45.7 Å². The molecule has 0 atom stereocenters. The average molecular weight is 300 g/mol. The molecule has 0 radical (unpaired) electrons. The molecule has 0 saturated carbocycles. The lowest BCUT2D eigenvalue weighted by molar-refractivity contribution is -0.122. The summed E-state index contributed by atoms with van der Waals surface area (Å²) in [5, 5.41) is 6.29. The Morgan fingerprint density at radius 2 is 2.10 bits per heavy atom. The van der Waals surface area contributed by atoms with Gasteiger partial charge in [-0.25, -0.2) is 0 Å². The van der Waals surface area contributed by atoms with E-state index < -0.39 is 0 Å². The van der Waals surface area contributed by atoms with Crippen molar-refractivity contribution in [2.24, 2.45) is 0 Å². The van der Waals surface area contributed by atoms with E-state index in [9.17, 15) is 4.79 Å². The van der Waals surface area contributed by atoms with Crippen molar-refractivity contribution in [3.8, 4) is 0 Å². The number of carbonyl (C=O) groups is 1. The van der Waals surface area contributed by atoms with Crippen LogP contribution in [0.1, 0.15) is 20.3 Å². The lowest BCUT2D eigenvalue weighted by atomic mass is 10.3. The van der Waals surface area contributed by atoms with Crippen molar-refractivity contribution in [1.82, 2.24) is 20.4 Å². The average Bonchev–Trinajstić information content (AvgIpc) is 2.45. The fourth-order valence-electron chi connectivity index (χ4n) is 2.25. The summed E-state index contributed by atoms with van der Waals surface area (Å²) in [6.45, 7) is 12.2. The number of carbonyl (C=O) groups excluding carboxylic acids is 1. The summed E-state index contributed by atoms with van der Waals surface area (Å²) < 4.78 is 5.44. The molecular formula is C15H32N4O2. The Labute approximate surface area is 129 Å². The summed E-state index contributed by atoms with van der Waals surface area (Å²) >= 11 is 0. The number of nitrogens with zero attached hydrogens (tertiary/aromatic N) is 2. The zero-order chi connectivity index (χ0) is 15.5. The molecule has 0 bridgehead atoms. The molecule has 0 spiro atoms. The van der Waals surface area contributed by atoms with Crippen LogP contribution in [0, 0.1) is 0 Å². The maximum atomic E-state index is 11.8. The van der Waals surface area contributed by atoms with E-state index in [4.69, 9.17) is 4.74 Å². The first-order valence-electron chi connectivity index (χ1n) is 8.08. The Balaban J connectivity index is 1.99. The Morgan fingerprint density at radius 1 is 1.38 bits per heavy atom. The Hall–Kier alpha value is -0.690. The van der Waals surface area contributed by atoms with E-state index >= 15 is 0 Å². The van der Waals surface area contributed by atoms with E-state index in [1.807, 2.05) is 20.9 Å². The molecule has 1 rings (SSSR count). The minimum atomic E-state index is 0.0994. The summed E-state index contributed by atoms with van der Waals surface area (Å²) in [4.78, 5) is 16.3. The molecule has 1 heterocycles. The second kappa shape index (κ2) is 11.0. The minimum absolute atomic E-state index is 0.0994. The molecule has 6 heteroatoms. The number of likely N-dealkylation sites (N-methyl/N-ethyl adjacent to an activating group) is 1. The number of piperazine rings is 1. The number of hydrogen-bond donors (Lipinski definition) is 2. The number of ether oxygens (including phenoxy) is 1. The molecule has 6 nitrogen and oxygen atoms in total. The quantitative estimate of drug-likeness (QED) is 0.545. The lowest BCUT2D eigenvalue weighted by Crippen LogP contribution is -2.46. The van der Waals surface area contributed by atoms with Crippen molar-refractivity contribution in [2.75, 3.05) is 66.0 Å². The second-order valence-electron chi connectivity index (χ2n) is 5.95. The number of rotatable bonds is 10. The third-order valence-electron chi connectivity index (χ3n) is 3.52. The summed E-state index contributed by atoms with van der Waals surface area (Å²) in [5.41, 5.74) is 0. The van der Waals surface area contributed by atoms with Crippen LogP contribution in [0.3, 0.4) is 0 Å². The Kier molecular flexibility index (Phi) is 9.58. The molecular weight excluding hydrogens is 268 g/mol. The third-order valence-corrected chi connectivity index (χ3v) is 3.52. The number of amides is 1. The van der Waals surface area contributed by atoms with Crippen molar-refractivity contribution in [3.63, 3.8) is 0 Å². The van der Waals surface area contributed by atoms with Gasteiger partial charge in [-0.05, 0) is 27.3 Å². The zero-order valence-electron chi connectivity index (χ0n) is 13.9. The van der Waals surface area contributed by atoms with Gasteiger partial charge in [0.05, 0.1) is 12.6 Å².